The van der Waals surface area contributed by atoms with Crippen LogP contribution < -0.4 is 5.73 Å². The molecule has 0 saturated carbocycles. The quantitative estimate of drug-likeness (QED) is 0.844. The van der Waals surface area contributed by atoms with E-state index < -0.39 is 5.41 Å². The molecule has 0 unspecified atom stereocenters. The van der Waals surface area contributed by atoms with E-state index in [-0.39, 0.29) is 5.97 Å². The lowest BCUT2D eigenvalue weighted by atomic mass is 9.93. The molecule has 2 rings (SSSR count). The standard InChI is InChI=1S/C15H21N3O2/c1-15(2,14(19)20-3)10-18-12-7-5-4-6-11(12)17-13(18)8-9-16/h4-7H,8-10,16H2,1-3H3. The van der Waals surface area contributed by atoms with Crippen LogP contribution in [0.25, 0.3) is 11.0 Å². The van der Waals surface area contributed by atoms with Crippen molar-refractivity contribution in [1.82, 2.24) is 9.55 Å². The van der Waals surface area contributed by atoms with Gasteiger partial charge in [-0.1, -0.05) is 12.1 Å². The summed E-state index contributed by atoms with van der Waals surface area (Å²) in [6, 6.07) is 7.90. The van der Waals surface area contributed by atoms with E-state index >= 15 is 0 Å². The minimum absolute atomic E-state index is 0.228. The molecule has 20 heavy (non-hydrogen) atoms. The summed E-state index contributed by atoms with van der Waals surface area (Å²) in [5.74, 6) is 0.680. The third-order valence-corrected chi connectivity index (χ3v) is 3.39. The van der Waals surface area contributed by atoms with Crippen LogP contribution >= 0.6 is 0 Å². The maximum Gasteiger partial charge on any atom is 0.313 e. The lowest BCUT2D eigenvalue weighted by molar-refractivity contribution is -0.151. The van der Waals surface area contributed by atoms with Crippen LogP contribution in [0, 0.1) is 5.41 Å². The summed E-state index contributed by atoms with van der Waals surface area (Å²) >= 11 is 0. The highest BCUT2D eigenvalue weighted by molar-refractivity contribution is 5.78. The molecule has 0 saturated heterocycles. The van der Waals surface area contributed by atoms with Crippen LogP contribution in [0.15, 0.2) is 24.3 Å². The molecule has 0 aliphatic heterocycles. The SMILES string of the molecule is COC(=O)C(C)(C)Cn1c(CCN)nc2ccccc21. The predicted octanol–water partition coefficient (Wildman–Crippen LogP) is 1.74. The number of benzene rings is 1. The molecule has 0 amide bonds. The minimum atomic E-state index is -0.610. The largest absolute Gasteiger partial charge is 0.469 e. The van der Waals surface area contributed by atoms with E-state index in [1.54, 1.807) is 0 Å². The topological polar surface area (TPSA) is 70.1 Å². The first-order valence-electron chi connectivity index (χ1n) is 6.72. The van der Waals surface area contributed by atoms with Gasteiger partial charge in [-0.25, -0.2) is 4.98 Å². The van der Waals surface area contributed by atoms with Crippen molar-refractivity contribution in [3.63, 3.8) is 0 Å². The number of hydrogen-bond donors (Lipinski definition) is 1. The van der Waals surface area contributed by atoms with Gasteiger partial charge in [-0.3, -0.25) is 4.79 Å². The number of para-hydroxylation sites is 2. The number of esters is 1. The van der Waals surface area contributed by atoms with Crippen LogP contribution in [0.4, 0.5) is 0 Å². The third-order valence-electron chi connectivity index (χ3n) is 3.39. The Labute approximate surface area is 118 Å². The van der Waals surface area contributed by atoms with Crippen molar-refractivity contribution in [2.45, 2.75) is 26.8 Å². The van der Waals surface area contributed by atoms with Crippen LogP contribution in [0.3, 0.4) is 0 Å². The van der Waals surface area contributed by atoms with Gasteiger partial charge >= 0.3 is 5.97 Å². The van der Waals surface area contributed by atoms with E-state index in [9.17, 15) is 4.79 Å². The highest BCUT2D eigenvalue weighted by Gasteiger charge is 2.30. The summed E-state index contributed by atoms with van der Waals surface area (Å²) in [6.45, 7) is 4.80. The average Bonchev–Trinajstić information content (AvgIpc) is 2.76. The molecular weight excluding hydrogens is 254 g/mol. The van der Waals surface area contributed by atoms with Gasteiger partial charge in [0.2, 0.25) is 0 Å². The van der Waals surface area contributed by atoms with Gasteiger partial charge in [0.1, 0.15) is 5.82 Å². The minimum Gasteiger partial charge on any atom is -0.469 e. The molecule has 108 valence electrons. The molecule has 0 aliphatic carbocycles. The highest BCUT2D eigenvalue weighted by atomic mass is 16.5. The van der Waals surface area contributed by atoms with E-state index in [2.05, 4.69) is 9.55 Å². The number of carbonyl (C=O) groups excluding carboxylic acids is 1. The normalized spacial score (nSPS) is 11.8. The molecule has 0 radical (unpaired) electrons. The number of rotatable bonds is 5. The van der Waals surface area contributed by atoms with Gasteiger partial charge in [0.05, 0.1) is 23.6 Å². The Morgan fingerprint density at radius 2 is 2.10 bits per heavy atom. The average molecular weight is 275 g/mol. The zero-order valence-electron chi connectivity index (χ0n) is 12.2. The number of aromatic nitrogens is 2. The second-order valence-electron chi connectivity index (χ2n) is 5.52. The zero-order chi connectivity index (χ0) is 14.8. The second-order valence-corrected chi connectivity index (χ2v) is 5.52. The number of nitrogens with zero attached hydrogens (tertiary/aromatic N) is 2. The zero-order valence-corrected chi connectivity index (χ0v) is 12.2. The molecule has 0 bridgehead atoms. The fourth-order valence-electron chi connectivity index (χ4n) is 2.36. The van der Waals surface area contributed by atoms with Crippen LogP contribution in [0.2, 0.25) is 0 Å². The van der Waals surface area contributed by atoms with Crippen LogP contribution in [-0.2, 0) is 22.5 Å². The Bertz CT molecular complexity index is 617. The van der Waals surface area contributed by atoms with Gasteiger partial charge in [0.15, 0.2) is 0 Å². The first-order chi connectivity index (χ1) is 9.49. The van der Waals surface area contributed by atoms with Gasteiger partial charge < -0.3 is 15.0 Å². The summed E-state index contributed by atoms with van der Waals surface area (Å²) in [5, 5.41) is 0. The van der Waals surface area contributed by atoms with Crippen LogP contribution in [0.1, 0.15) is 19.7 Å². The molecule has 2 aromatic rings. The Balaban J connectivity index is 2.46. The smallest absolute Gasteiger partial charge is 0.313 e. The number of ether oxygens (including phenoxy) is 1. The summed E-state index contributed by atoms with van der Waals surface area (Å²) in [5.41, 5.74) is 7.00. The molecule has 5 heteroatoms. The molecule has 5 nitrogen and oxygen atoms in total. The first kappa shape index (κ1) is 14.5. The molecule has 1 heterocycles. The summed E-state index contributed by atoms with van der Waals surface area (Å²) < 4.78 is 6.95. The van der Waals surface area contributed by atoms with Crippen molar-refractivity contribution < 1.29 is 9.53 Å². The lowest BCUT2D eigenvalue weighted by Crippen LogP contribution is -2.31. The lowest BCUT2D eigenvalue weighted by Gasteiger charge is -2.23. The molecule has 1 aromatic heterocycles. The monoisotopic (exact) mass is 275 g/mol. The van der Waals surface area contributed by atoms with Gasteiger partial charge in [0, 0.05) is 13.0 Å². The summed E-state index contributed by atoms with van der Waals surface area (Å²) in [6.07, 6.45) is 0.686. The Morgan fingerprint density at radius 1 is 1.40 bits per heavy atom. The summed E-state index contributed by atoms with van der Waals surface area (Å²) in [7, 11) is 1.41. The molecular formula is C15H21N3O2. The number of carbonyl (C=O) groups is 1. The molecule has 1 aromatic carbocycles. The van der Waals surface area contributed by atoms with Gasteiger partial charge in [-0.05, 0) is 32.5 Å². The number of nitrogens with two attached hydrogens (primary N) is 1. The van der Waals surface area contributed by atoms with Crippen molar-refractivity contribution in [2.75, 3.05) is 13.7 Å². The van der Waals surface area contributed by atoms with E-state index in [0.717, 1.165) is 16.9 Å². The maximum atomic E-state index is 11.9. The Hall–Kier alpha value is -1.88. The predicted molar refractivity (Wildman–Crippen MR) is 78.3 cm³/mol. The fourth-order valence-corrected chi connectivity index (χ4v) is 2.36. The van der Waals surface area contributed by atoms with Crippen molar-refractivity contribution in [1.29, 1.82) is 0 Å². The molecule has 0 atom stereocenters. The fraction of sp³-hybridized carbons (Fsp3) is 0.467. The first-order valence-corrected chi connectivity index (χ1v) is 6.72. The number of fused-ring (bicyclic) bond motifs is 1. The maximum absolute atomic E-state index is 11.9. The second kappa shape index (κ2) is 5.63. The van der Waals surface area contributed by atoms with Crippen molar-refractivity contribution in [3.05, 3.63) is 30.1 Å². The molecule has 0 spiro atoms. The number of hydrogen-bond acceptors (Lipinski definition) is 4. The Morgan fingerprint density at radius 3 is 2.75 bits per heavy atom. The highest BCUT2D eigenvalue weighted by Crippen LogP contribution is 2.25. The van der Waals surface area contributed by atoms with Crippen molar-refractivity contribution in [2.24, 2.45) is 11.1 Å². The molecule has 2 N–H and O–H groups in total. The van der Waals surface area contributed by atoms with Gasteiger partial charge in [0.25, 0.3) is 0 Å². The third kappa shape index (κ3) is 2.67. The van der Waals surface area contributed by atoms with E-state index in [1.165, 1.54) is 7.11 Å². The summed E-state index contributed by atoms with van der Waals surface area (Å²) in [4.78, 5) is 16.5. The Kier molecular flexibility index (Phi) is 4.09. The van der Waals surface area contributed by atoms with Crippen LogP contribution in [-0.4, -0.2) is 29.2 Å². The molecule has 0 fully saturated rings. The van der Waals surface area contributed by atoms with E-state index in [0.29, 0.717) is 19.5 Å². The van der Waals surface area contributed by atoms with E-state index in [4.69, 9.17) is 10.5 Å². The van der Waals surface area contributed by atoms with Crippen LogP contribution in [0.5, 0.6) is 0 Å². The molecule has 0 aliphatic rings. The van der Waals surface area contributed by atoms with E-state index in [1.807, 2.05) is 38.1 Å². The number of methoxy groups -OCH3 is 1. The van der Waals surface area contributed by atoms with Crippen molar-refractivity contribution >= 4 is 17.0 Å². The van der Waals surface area contributed by atoms with Gasteiger partial charge in [-0.2, -0.15) is 0 Å². The van der Waals surface area contributed by atoms with Crippen molar-refractivity contribution in [3.8, 4) is 0 Å². The number of imidazole rings is 1. The van der Waals surface area contributed by atoms with Gasteiger partial charge in [-0.15, -0.1) is 0 Å².